The molecule has 1 N–H and O–H groups in total. The topological polar surface area (TPSA) is 62.2 Å². The van der Waals surface area contributed by atoms with Crippen molar-refractivity contribution >= 4 is 17.3 Å². The highest BCUT2D eigenvalue weighted by molar-refractivity contribution is 7.09. The van der Waals surface area contributed by atoms with Gasteiger partial charge in [0, 0.05) is 45.2 Å². The Bertz CT molecular complexity index is 668. The zero-order chi connectivity index (χ0) is 20.1. The second kappa shape index (κ2) is 10.2. The van der Waals surface area contributed by atoms with E-state index in [0.717, 1.165) is 76.3 Å². The smallest absolute Gasteiger partial charge is 0.193 e. The number of thiazole rings is 1. The van der Waals surface area contributed by atoms with Crippen LogP contribution in [0, 0.1) is 12.8 Å². The number of guanidine groups is 1. The molecule has 2 atom stereocenters. The monoisotopic (exact) mass is 421 g/mol. The fraction of sp³-hybridized carbons (Fsp3) is 0.810. The molecule has 3 saturated heterocycles. The number of nitrogens with one attached hydrogen (secondary N) is 1. The summed E-state index contributed by atoms with van der Waals surface area (Å²) in [4.78, 5) is 14.0. The number of aryl methyl sites for hydroxylation is 1. The van der Waals surface area contributed by atoms with E-state index in [0.29, 0.717) is 5.92 Å². The minimum Gasteiger partial charge on any atom is -0.375 e. The first-order valence-electron chi connectivity index (χ1n) is 11.0. The lowest BCUT2D eigenvalue weighted by atomic mass is 9.97. The largest absolute Gasteiger partial charge is 0.375 e. The Morgan fingerprint density at radius 2 is 2.03 bits per heavy atom. The molecule has 0 radical (unpaired) electrons. The van der Waals surface area contributed by atoms with Gasteiger partial charge in [-0.15, -0.1) is 11.3 Å². The summed E-state index contributed by atoms with van der Waals surface area (Å²) < 4.78 is 11.8. The molecule has 0 bridgehead atoms. The van der Waals surface area contributed by atoms with Gasteiger partial charge in [0.1, 0.15) is 6.10 Å². The molecule has 0 spiro atoms. The van der Waals surface area contributed by atoms with Crippen LogP contribution < -0.4 is 5.32 Å². The quantitative estimate of drug-likeness (QED) is 0.580. The van der Waals surface area contributed by atoms with E-state index in [4.69, 9.17) is 9.47 Å². The lowest BCUT2D eigenvalue weighted by Crippen LogP contribution is -2.54. The number of rotatable bonds is 5. The molecule has 4 rings (SSSR count). The van der Waals surface area contributed by atoms with Crippen molar-refractivity contribution < 1.29 is 9.47 Å². The lowest BCUT2D eigenvalue weighted by molar-refractivity contribution is -0.0817. The molecule has 3 aliphatic rings. The molecule has 2 unspecified atom stereocenters. The number of morpholine rings is 1. The van der Waals surface area contributed by atoms with E-state index >= 15 is 0 Å². The van der Waals surface area contributed by atoms with E-state index in [2.05, 4.69) is 37.4 Å². The molecule has 7 nitrogen and oxygen atoms in total. The Labute approximate surface area is 178 Å². The Morgan fingerprint density at radius 3 is 2.72 bits per heavy atom. The van der Waals surface area contributed by atoms with E-state index in [1.54, 1.807) is 11.3 Å². The molecule has 4 heterocycles. The fourth-order valence-electron chi connectivity index (χ4n) is 4.62. The summed E-state index contributed by atoms with van der Waals surface area (Å²) in [6, 6.07) is 0. The molecule has 3 fully saturated rings. The minimum atomic E-state index is 0.169. The number of aromatic nitrogens is 1. The zero-order valence-electron chi connectivity index (χ0n) is 17.8. The summed E-state index contributed by atoms with van der Waals surface area (Å²) in [7, 11) is 1.89. The Morgan fingerprint density at radius 1 is 1.21 bits per heavy atom. The van der Waals surface area contributed by atoms with Crippen LogP contribution in [0.5, 0.6) is 0 Å². The molecule has 29 heavy (non-hydrogen) atoms. The van der Waals surface area contributed by atoms with Crippen LogP contribution in [-0.4, -0.2) is 85.9 Å². The van der Waals surface area contributed by atoms with Crippen molar-refractivity contribution in [3.05, 3.63) is 16.1 Å². The average molecular weight is 422 g/mol. The number of hydrogen-bond donors (Lipinski definition) is 1. The molecule has 8 heteroatoms. The third kappa shape index (κ3) is 5.69. The van der Waals surface area contributed by atoms with E-state index in [1.807, 2.05) is 7.05 Å². The SMILES string of the molecule is CN=C(NCC1CCN(Cc2csc(C)n2)CC1)N1CCOC(C2CCCO2)C1. The highest BCUT2D eigenvalue weighted by Gasteiger charge is 2.32. The van der Waals surface area contributed by atoms with Gasteiger partial charge in [0.05, 0.1) is 23.4 Å². The van der Waals surface area contributed by atoms with Crippen LogP contribution in [0.2, 0.25) is 0 Å². The van der Waals surface area contributed by atoms with Crippen molar-refractivity contribution in [3.63, 3.8) is 0 Å². The fourth-order valence-corrected chi connectivity index (χ4v) is 5.22. The second-order valence-electron chi connectivity index (χ2n) is 8.41. The second-order valence-corrected chi connectivity index (χ2v) is 9.47. The summed E-state index contributed by atoms with van der Waals surface area (Å²) in [6.07, 6.45) is 5.15. The van der Waals surface area contributed by atoms with Gasteiger partial charge in [-0.2, -0.15) is 0 Å². The summed E-state index contributed by atoms with van der Waals surface area (Å²) in [5, 5.41) is 6.99. The van der Waals surface area contributed by atoms with Gasteiger partial charge >= 0.3 is 0 Å². The van der Waals surface area contributed by atoms with Crippen molar-refractivity contribution in [1.29, 1.82) is 0 Å². The number of aliphatic imine (C=N–C) groups is 1. The first-order chi connectivity index (χ1) is 14.2. The van der Waals surface area contributed by atoms with E-state index in [9.17, 15) is 0 Å². The van der Waals surface area contributed by atoms with Crippen molar-refractivity contribution in [1.82, 2.24) is 20.1 Å². The maximum atomic E-state index is 5.98. The number of piperidine rings is 1. The van der Waals surface area contributed by atoms with Crippen LogP contribution in [0.4, 0.5) is 0 Å². The van der Waals surface area contributed by atoms with Crippen LogP contribution in [0.3, 0.4) is 0 Å². The van der Waals surface area contributed by atoms with Gasteiger partial charge in [-0.3, -0.25) is 9.89 Å². The van der Waals surface area contributed by atoms with Crippen molar-refractivity contribution in [2.24, 2.45) is 10.9 Å². The molecule has 0 saturated carbocycles. The zero-order valence-corrected chi connectivity index (χ0v) is 18.6. The van der Waals surface area contributed by atoms with Gasteiger partial charge in [-0.1, -0.05) is 0 Å². The summed E-state index contributed by atoms with van der Waals surface area (Å²) in [6.45, 7) is 9.77. The first-order valence-corrected chi connectivity index (χ1v) is 11.9. The minimum absolute atomic E-state index is 0.169. The molecule has 1 aromatic heterocycles. The highest BCUT2D eigenvalue weighted by Crippen LogP contribution is 2.22. The molecule has 0 aliphatic carbocycles. The predicted octanol–water partition coefficient (Wildman–Crippen LogP) is 2.12. The summed E-state index contributed by atoms with van der Waals surface area (Å²) in [5.74, 6) is 1.71. The van der Waals surface area contributed by atoms with Crippen LogP contribution in [0.15, 0.2) is 10.4 Å². The number of ether oxygens (including phenoxy) is 2. The van der Waals surface area contributed by atoms with Gasteiger partial charge in [0.25, 0.3) is 0 Å². The summed E-state index contributed by atoms with van der Waals surface area (Å²) in [5.41, 5.74) is 1.22. The van der Waals surface area contributed by atoms with Gasteiger partial charge in [-0.25, -0.2) is 4.98 Å². The van der Waals surface area contributed by atoms with Crippen molar-refractivity contribution in [2.45, 2.75) is 51.4 Å². The van der Waals surface area contributed by atoms with E-state index in [-0.39, 0.29) is 12.2 Å². The number of nitrogens with zero attached hydrogens (tertiary/aromatic N) is 4. The number of likely N-dealkylation sites (tertiary alicyclic amines) is 1. The van der Waals surface area contributed by atoms with E-state index < -0.39 is 0 Å². The predicted molar refractivity (Wildman–Crippen MR) is 117 cm³/mol. The Kier molecular flexibility index (Phi) is 7.39. The normalized spacial score (nSPS) is 27.5. The van der Waals surface area contributed by atoms with Crippen LogP contribution in [0.1, 0.15) is 36.4 Å². The average Bonchev–Trinajstić information content (AvgIpc) is 3.42. The van der Waals surface area contributed by atoms with Gasteiger partial charge in [0.2, 0.25) is 0 Å². The molecule has 3 aliphatic heterocycles. The molecule has 0 amide bonds. The summed E-state index contributed by atoms with van der Waals surface area (Å²) >= 11 is 1.75. The van der Waals surface area contributed by atoms with Crippen LogP contribution in [-0.2, 0) is 16.0 Å². The molecular weight excluding hydrogens is 386 g/mol. The lowest BCUT2D eigenvalue weighted by Gasteiger charge is -2.38. The maximum absolute atomic E-state index is 5.98. The highest BCUT2D eigenvalue weighted by atomic mass is 32.1. The number of hydrogen-bond acceptors (Lipinski definition) is 6. The third-order valence-corrected chi connectivity index (χ3v) is 7.11. The van der Waals surface area contributed by atoms with Crippen LogP contribution in [0.25, 0.3) is 0 Å². The maximum Gasteiger partial charge on any atom is 0.193 e. The standard InChI is InChI=1S/C21H35N5O2S/c1-16-24-18(15-29-16)13-25-7-5-17(6-8-25)12-23-21(22-2)26-9-11-28-20(14-26)19-4-3-10-27-19/h15,17,19-20H,3-14H2,1-2H3,(H,22,23). The van der Waals surface area contributed by atoms with Gasteiger partial charge in [-0.05, 0) is 51.6 Å². The molecule has 0 aromatic carbocycles. The Balaban J connectivity index is 1.20. The van der Waals surface area contributed by atoms with Gasteiger partial charge in [0.15, 0.2) is 5.96 Å². The first kappa shape index (κ1) is 21.0. The third-order valence-electron chi connectivity index (χ3n) is 6.29. The van der Waals surface area contributed by atoms with Crippen molar-refractivity contribution in [3.8, 4) is 0 Å². The molecular formula is C21H35N5O2S. The Hall–Kier alpha value is -1.22. The van der Waals surface area contributed by atoms with Crippen LogP contribution >= 0.6 is 11.3 Å². The molecule has 1 aromatic rings. The molecule has 162 valence electrons. The van der Waals surface area contributed by atoms with Gasteiger partial charge < -0.3 is 19.7 Å². The van der Waals surface area contributed by atoms with Crippen molar-refractivity contribution in [2.75, 3.05) is 53.0 Å². The van der Waals surface area contributed by atoms with E-state index in [1.165, 1.54) is 18.5 Å².